The Morgan fingerprint density at radius 3 is 2.23 bits per heavy atom. The van der Waals surface area contributed by atoms with E-state index in [9.17, 15) is 0 Å². The van der Waals surface area contributed by atoms with Crippen molar-refractivity contribution in [1.29, 1.82) is 0 Å². The molecule has 4 N–H and O–H groups in total. The first kappa shape index (κ1) is 19.8. The van der Waals surface area contributed by atoms with E-state index in [2.05, 4.69) is 73.7 Å². The monoisotopic (exact) mass is 407 g/mol. The molecule has 0 amide bonds. The SMILES string of the molecule is C[C@]12CC1=CC(C(N)=NC(c1ccccc1)[C@@H](N)c1cccc(-c3ccccc3)c1)C2. The van der Waals surface area contributed by atoms with Crippen LogP contribution in [0.25, 0.3) is 11.1 Å². The van der Waals surface area contributed by atoms with Crippen LogP contribution in [-0.2, 0) is 0 Å². The number of hydrogen-bond donors (Lipinski definition) is 2. The van der Waals surface area contributed by atoms with Crippen molar-refractivity contribution in [3.8, 4) is 11.1 Å². The average molecular weight is 408 g/mol. The van der Waals surface area contributed by atoms with Crippen LogP contribution in [0.15, 0.2) is 102 Å². The predicted octanol–water partition coefficient (Wildman–Crippen LogP) is 5.81. The normalized spacial score (nSPS) is 24.3. The highest BCUT2D eigenvalue weighted by Gasteiger charge is 2.50. The number of benzene rings is 3. The molecule has 2 aliphatic carbocycles. The van der Waals surface area contributed by atoms with Crippen molar-refractivity contribution in [3.05, 3.63) is 108 Å². The fourth-order valence-corrected chi connectivity index (χ4v) is 4.82. The molecule has 3 nitrogen and oxygen atoms in total. The second-order valence-corrected chi connectivity index (χ2v) is 9.17. The number of aliphatic imine (C=N–C) groups is 1. The Morgan fingerprint density at radius 2 is 1.55 bits per heavy atom. The highest BCUT2D eigenvalue weighted by atomic mass is 14.9. The quantitative estimate of drug-likeness (QED) is 0.308. The fraction of sp³-hybridized carbons (Fsp3) is 0.250. The van der Waals surface area contributed by atoms with Gasteiger partial charge in [-0.25, -0.2) is 0 Å². The summed E-state index contributed by atoms with van der Waals surface area (Å²) in [6, 6.07) is 28.6. The second-order valence-electron chi connectivity index (χ2n) is 9.17. The Kier molecular flexibility index (Phi) is 4.99. The van der Waals surface area contributed by atoms with Crippen molar-refractivity contribution in [2.45, 2.75) is 31.8 Å². The lowest BCUT2D eigenvalue weighted by atomic mass is 9.91. The van der Waals surface area contributed by atoms with Crippen LogP contribution < -0.4 is 11.5 Å². The van der Waals surface area contributed by atoms with Crippen LogP contribution in [0.3, 0.4) is 0 Å². The zero-order valence-electron chi connectivity index (χ0n) is 17.9. The molecule has 1 saturated carbocycles. The van der Waals surface area contributed by atoms with Gasteiger partial charge >= 0.3 is 0 Å². The maximum absolute atomic E-state index is 6.85. The number of rotatable bonds is 6. The van der Waals surface area contributed by atoms with E-state index in [4.69, 9.17) is 16.5 Å². The van der Waals surface area contributed by atoms with E-state index < -0.39 is 0 Å². The van der Waals surface area contributed by atoms with E-state index in [1.54, 1.807) is 0 Å². The van der Waals surface area contributed by atoms with Gasteiger partial charge in [-0.15, -0.1) is 0 Å². The smallest absolute Gasteiger partial charge is 0.102 e. The third-order valence-corrected chi connectivity index (χ3v) is 6.83. The Hall–Kier alpha value is -3.17. The number of allylic oxidation sites excluding steroid dienone is 1. The van der Waals surface area contributed by atoms with Crippen molar-refractivity contribution < 1.29 is 0 Å². The summed E-state index contributed by atoms with van der Waals surface area (Å²) in [6.07, 6.45) is 4.60. The van der Waals surface area contributed by atoms with Gasteiger partial charge < -0.3 is 11.5 Å². The van der Waals surface area contributed by atoms with E-state index in [-0.39, 0.29) is 18.0 Å². The molecule has 1 fully saturated rings. The lowest BCUT2D eigenvalue weighted by molar-refractivity contribution is 0.523. The lowest BCUT2D eigenvalue weighted by Crippen LogP contribution is -2.27. The predicted molar refractivity (Wildman–Crippen MR) is 129 cm³/mol. The molecule has 2 unspecified atom stereocenters. The molecule has 0 saturated heterocycles. The Balaban J connectivity index is 1.48. The standard InChI is InChI=1S/C28H29N3/c1-28-17-23(16-24(28)18-28)27(30)31-26(20-11-6-3-7-12-20)25(29)22-14-8-13-21(15-22)19-9-4-2-5-10-19/h2-16,23,25-26H,17-18,29H2,1H3,(H2,30,31)/t23?,25-,26?,28-/m0/s1. The minimum atomic E-state index is -0.288. The van der Waals surface area contributed by atoms with Gasteiger partial charge in [-0.1, -0.05) is 97.4 Å². The zero-order valence-corrected chi connectivity index (χ0v) is 17.9. The van der Waals surface area contributed by atoms with Gasteiger partial charge in [0.15, 0.2) is 0 Å². The summed E-state index contributed by atoms with van der Waals surface area (Å²) in [5, 5.41) is 0. The molecule has 5 rings (SSSR count). The molecule has 3 aromatic rings. The van der Waals surface area contributed by atoms with Crippen LogP contribution in [0.5, 0.6) is 0 Å². The molecule has 31 heavy (non-hydrogen) atoms. The minimum absolute atomic E-state index is 0.225. The van der Waals surface area contributed by atoms with Crippen molar-refractivity contribution in [3.63, 3.8) is 0 Å². The number of nitrogens with two attached hydrogens (primary N) is 2. The molecule has 3 aromatic carbocycles. The first-order chi connectivity index (χ1) is 15.0. The fourth-order valence-electron chi connectivity index (χ4n) is 4.82. The zero-order chi connectivity index (χ0) is 21.4. The van der Waals surface area contributed by atoms with E-state index in [0.717, 1.165) is 23.1 Å². The number of fused-ring (bicyclic) bond motifs is 1. The Labute approximate surface area is 184 Å². The highest BCUT2D eigenvalue weighted by molar-refractivity contribution is 5.86. The molecular formula is C28H29N3. The third-order valence-electron chi connectivity index (χ3n) is 6.83. The van der Waals surface area contributed by atoms with Gasteiger partial charge in [-0.3, -0.25) is 4.99 Å². The van der Waals surface area contributed by atoms with E-state index in [1.807, 2.05) is 24.3 Å². The summed E-state index contributed by atoms with van der Waals surface area (Å²) >= 11 is 0. The summed E-state index contributed by atoms with van der Waals surface area (Å²) < 4.78 is 0. The Morgan fingerprint density at radius 1 is 0.903 bits per heavy atom. The largest absolute Gasteiger partial charge is 0.387 e. The van der Waals surface area contributed by atoms with Gasteiger partial charge in [-0.05, 0) is 46.6 Å². The van der Waals surface area contributed by atoms with Gasteiger partial charge in [0.1, 0.15) is 5.84 Å². The van der Waals surface area contributed by atoms with E-state index in [1.165, 1.54) is 17.6 Å². The first-order valence-electron chi connectivity index (χ1n) is 11.0. The number of amidine groups is 1. The molecule has 156 valence electrons. The molecular weight excluding hydrogens is 378 g/mol. The van der Waals surface area contributed by atoms with Crippen LogP contribution in [0.2, 0.25) is 0 Å². The molecule has 0 radical (unpaired) electrons. The lowest BCUT2D eigenvalue weighted by Gasteiger charge is -2.24. The summed E-state index contributed by atoms with van der Waals surface area (Å²) in [5.74, 6) is 0.923. The maximum Gasteiger partial charge on any atom is 0.102 e. The van der Waals surface area contributed by atoms with Gasteiger partial charge in [0.2, 0.25) is 0 Å². The molecule has 2 aliphatic rings. The number of hydrogen-bond acceptors (Lipinski definition) is 2. The molecule has 0 aromatic heterocycles. The van der Waals surface area contributed by atoms with Crippen molar-refractivity contribution >= 4 is 5.84 Å². The van der Waals surface area contributed by atoms with Crippen LogP contribution in [-0.4, -0.2) is 5.84 Å². The maximum atomic E-state index is 6.85. The van der Waals surface area contributed by atoms with Crippen LogP contribution in [0, 0.1) is 11.3 Å². The molecule has 3 heteroatoms. The van der Waals surface area contributed by atoms with Crippen molar-refractivity contribution in [2.75, 3.05) is 0 Å². The van der Waals surface area contributed by atoms with Gasteiger partial charge in [0.25, 0.3) is 0 Å². The average Bonchev–Trinajstić information content (AvgIpc) is 3.33. The first-order valence-corrected chi connectivity index (χ1v) is 11.0. The van der Waals surface area contributed by atoms with Gasteiger partial charge in [0.05, 0.1) is 12.1 Å². The number of nitrogens with zero attached hydrogens (tertiary/aromatic N) is 1. The van der Waals surface area contributed by atoms with E-state index >= 15 is 0 Å². The topological polar surface area (TPSA) is 64.4 Å². The van der Waals surface area contributed by atoms with Gasteiger partial charge in [-0.2, -0.15) is 0 Å². The molecule has 0 bridgehead atoms. The second kappa shape index (κ2) is 7.82. The highest BCUT2D eigenvalue weighted by Crippen LogP contribution is 2.61. The minimum Gasteiger partial charge on any atom is -0.387 e. The molecule has 0 aliphatic heterocycles. The molecule has 4 atom stereocenters. The molecule has 0 spiro atoms. The summed E-state index contributed by atoms with van der Waals surface area (Å²) in [5.41, 5.74) is 19.8. The van der Waals surface area contributed by atoms with Crippen molar-refractivity contribution in [1.82, 2.24) is 0 Å². The molecule has 0 heterocycles. The van der Waals surface area contributed by atoms with Crippen LogP contribution in [0.1, 0.15) is 43.0 Å². The van der Waals surface area contributed by atoms with Crippen LogP contribution >= 0.6 is 0 Å². The summed E-state index contributed by atoms with van der Waals surface area (Å²) in [7, 11) is 0. The van der Waals surface area contributed by atoms with E-state index in [0.29, 0.717) is 11.3 Å². The van der Waals surface area contributed by atoms with Crippen molar-refractivity contribution in [2.24, 2.45) is 27.8 Å². The Bertz CT molecular complexity index is 1130. The van der Waals surface area contributed by atoms with Crippen LogP contribution in [0.4, 0.5) is 0 Å². The van der Waals surface area contributed by atoms with Gasteiger partial charge in [0, 0.05) is 5.92 Å². The summed E-state index contributed by atoms with van der Waals surface area (Å²) in [6.45, 7) is 2.32. The third kappa shape index (κ3) is 3.94. The summed E-state index contributed by atoms with van der Waals surface area (Å²) in [4.78, 5) is 5.02.